The molecule has 1 amide bonds. The van der Waals surface area contributed by atoms with Gasteiger partial charge in [-0.05, 0) is 38.1 Å². The SMILES string of the molecule is O=C(CN1CCC(C2OCCO2)CC1)N1CCN(c2ccccc2F)CC1. The molecule has 0 aliphatic carbocycles. The van der Waals surface area contributed by atoms with Gasteiger partial charge < -0.3 is 19.3 Å². The summed E-state index contributed by atoms with van der Waals surface area (Å²) in [7, 11) is 0. The Kier molecular flexibility index (Phi) is 5.90. The maximum absolute atomic E-state index is 13.9. The van der Waals surface area contributed by atoms with Crippen molar-refractivity contribution < 1.29 is 18.7 Å². The van der Waals surface area contributed by atoms with Crippen molar-refractivity contribution in [3.8, 4) is 0 Å². The van der Waals surface area contributed by atoms with Crippen LogP contribution in [0.2, 0.25) is 0 Å². The number of halogens is 1. The van der Waals surface area contributed by atoms with Gasteiger partial charge in [-0.3, -0.25) is 9.69 Å². The summed E-state index contributed by atoms with van der Waals surface area (Å²) in [6, 6.07) is 6.83. The number of anilines is 1. The molecule has 3 fully saturated rings. The molecule has 0 aromatic heterocycles. The van der Waals surface area contributed by atoms with Gasteiger partial charge in [0.05, 0.1) is 25.4 Å². The predicted octanol–water partition coefficient (Wildman–Crippen LogP) is 1.56. The number of piperazine rings is 1. The number of benzene rings is 1. The number of hydrogen-bond donors (Lipinski definition) is 0. The Morgan fingerprint density at radius 1 is 1.00 bits per heavy atom. The molecule has 1 aromatic carbocycles. The van der Waals surface area contributed by atoms with E-state index in [4.69, 9.17) is 9.47 Å². The van der Waals surface area contributed by atoms with Crippen LogP contribution in [0.5, 0.6) is 0 Å². The lowest BCUT2D eigenvalue weighted by molar-refractivity contribution is -0.134. The highest BCUT2D eigenvalue weighted by atomic mass is 19.1. The van der Waals surface area contributed by atoms with Crippen LogP contribution in [0.1, 0.15) is 12.8 Å². The van der Waals surface area contributed by atoms with E-state index in [-0.39, 0.29) is 18.0 Å². The third-order valence-electron chi connectivity index (χ3n) is 5.85. The van der Waals surface area contributed by atoms with Crippen LogP contribution in [0.25, 0.3) is 0 Å². The number of carbonyl (C=O) groups excluding carboxylic acids is 1. The zero-order valence-corrected chi connectivity index (χ0v) is 15.7. The first-order valence-corrected chi connectivity index (χ1v) is 9.93. The first-order valence-electron chi connectivity index (χ1n) is 9.93. The molecule has 27 heavy (non-hydrogen) atoms. The van der Waals surface area contributed by atoms with Gasteiger partial charge >= 0.3 is 0 Å². The smallest absolute Gasteiger partial charge is 0.236 e. The van der Waals surface area contributed by atoms with E-state index in [0.717, 1.165) is 25.9 Å². The number of likely N-dealkylation sites (tertiary alicyclic amines) is 1. The molecule has 0 bridgehead atoms. The van der Waals surface area contributed by atoms with Gasteiger partial charge in [0.1, 0.15) is 5.82 Å². The van der Waals surface area contributed by atoms with E-state index in [1.807, 2.05) is 15.9 Å². The Bertz CT molecular complexity index is 637. The van der Waals surface area contributed by atoms with E-state index >= 15 is 0 Å². The van der Waals surface area contributed by atoms with E-state index in [9.17, 15) is 9.18 Å². The lowest BCUT2D eigenvalue weighted by Gasteiger charge is -2.38. The highest BCUT2D eigenvalue weighted by Crippen LogP contribution is 2.26. The van der Waals surface area contributed by atoms with Crippen LogP contribution >= 0.6 is 0 Å². The monoisotopic (exact) mass is 377 g/mol. The number of piperidine rings is 1. The van der Waals surface area contributed by atoms with Crippen molar-refractivity contribution in [3.05, 3.63) is 30.1 Å². The summed E-state index contributed by atoms with van der Waals surface area (Å²) < 4.78 is 25.2. The van der Waals surface area contributed by atoms with Crippen LogP contribution in [0, 0.1) is 11.7 Å². The minimum absolute atomic E-state index is 0.0469. The summed E-state index contributed by atoms with van der Waals surface area (Å²) in [6.07, 6.45) is 1.98. The molecule has 0 atom stereocenters. The van der Waals surface area contributed by atoms with Gasteiger partial charge in [0, 0.05) is 32.1 Å². The van der Waals surface area contributed by atoms with Crippen molar-refractivity contribution >= 4 is 11.6 Å². The number of nitrogens with zero attached hydrogens (tertiary/aromatic N) is 3. The number of para-hydroxylation sites is 1. The third kappa shape index (κ3) is 4.42. The van der Waals surface area contributed by atoms with Crippen LogP contribution in [0.4, 0.5) is 10.1 Å². The van der Waals surface area contributed by atoms with Crippen molar-refractivity contribution in [1.82, 2.24) is 9.80 Å². The second-order valence-electron chi connectivity index (χ2n) is 7.54. The normalized spacial score (nSPS) is 23.1. The fourth-order valence-electron chi connectivity index (χ4n) is 4.23. The molecule has 7 heteroatoms. The highest BCUT2D eigenvalue weighted by Gasteiger charge is 2.31. The van der Waals surface area contributed by atoms with E-state index in [2.05, 4.69) is 4.90 Å². The summed E-state index contributed by atoms with van der Waals surface area (Å²) in [5.41, 5.74) is 0.628. The molecule has 3 aliphatic rings. The van der Waals surface area contributed by atoms with Gasteiger partial charge in [0.15, 0.2) is 6.29 Å². The lowest BCUT2D eigenvalue weighted by Crippen LogP contribution is -2.52. The lowest BCUT2D eigenvalue weighted by atomic mass is 9.96. The molecule has 0 saturated carbocycles. The number of carbonyl (C=O) groups is 1. The van der Waals surface area contributed by atoms with Crippen molar-refractivity contribution in [2.75, 3.05) is 63.9 Å². The summed E-state index contributed by atoms with van der Waals surface area (Å²) in [5, 5.41) is 0. The molecule has 3 aliphatic heterocycles. The van der Waals surface area contributed by atoms with Crippen molar-refractivity contribution in [2.45, 2.75) is 19.1 Å². The second kappa shape index (κ2) is 8.54. The van der Waals surface area contributed by atoms with E-state index < -0.39 is 0 Å². The van der Waals surface area contributed by atoms with Gasteiger partial charge in [-0.15, -0.1) is 0 Å². The summed E-state index contributed by atoms with van der Waals surface area (Å²) in [6.45, 7) is 6.32. The predicted molar refractivity (Wildman–Crippen MR) is 100 cm³/mol. The third-order valence-corrected chi connectivity index (χ3v) is 5.85. The quantitative estimate of drug-likeness (QED) is 0.797. The Labute approximate surface area is 159 Å². The summed E-state index contributed by atoms with van der Waals surface area (Å²) in [5.74, 6) is 0.425. The zero-order chi connectivity index (χ0) is 18.6. The van der Waals surface area contributed by atoms with E-state index in [1.54, 1.807) is 12.1 Å². The minimum atomic E-state index is -0.199. The first kappa shape index (κ1) is 18.7. The molecule has 4 rings (SSSR count). The average Bonchev–Trinajstić information content (AvgIpc) is 3.24. The molecule has 0 unspecified atom stereocenters. The van der Waals surface area contributed by atoms with Crippen LogP contribution in [-0.4, -0.2) is 81.0 Å². The maximum atomic E-state index is 13.9. The fourth-order valence-corrected chi connectivity index (χ4v) is 4.23. The van der Waals surface area contributed by atoms with Crippen molar-refractivity contribution in [1.29, 1.82) is 0 Å². The van der Waals surface area contributed by atoms with Gasteiger partial charge in [-0.25, -0.2) is 4.39 Å². The van der Waals surface area contributed by atoms with E-state index in [0.29, 0.717) is 57.5 Å². The van der Waals surface area contributed by atoms with Gasteiger partial charge in [-0.1, -0.05) is 12.1 Å². The molecular formula is C20H28FN3O3. The second-order valence-corrected chi connectivity index (χ2v) is 7.54. The Morgan fingerprint density at radius 3 is 2.33 bits per heavy atom. The highest BCUT2D eigenvalue weighted by molar-refractivity contribution is 5.78. The largest absolute Gasteiger partial charge is 0.366 e. The minimum Gasteiger partial charge on any atom is -0.366 e. The number of amides is 1. The van der Waals surface area contributed by atoms with E-state index in [1.165, 1.54) is 6.07 Å². The van der Waals surface area contributed by atoms with Gasteiger partial charge in [0.25, 0.3) is 0 Å². The number of hydrogen-bond acceptors (Lipinski definition) is 5. The van der Waals surface area contributed by atoms with Crippen LogP contribution in [0.3, 0.4) is 0 Å². The van der Waals surface area contributed by atoms with Crippen LogP contribution < -0.4 is 4.90 Å². The molecule has 3 heterocycles. The average molecular weight is 377 g/mol. The van der Waals surface area contributed by atoms with Crippen molar-refractivity contribution in [3.63, 3.8) is 0 Å². The zero-order valence-electron chi connectivity index (χ0n) is 15.7. The molecule has 1 aromatic rings. The molecule has 148 valence electrons. The maximum Gasteiger partial charge on any atom is 0.236 e. The molecule has 0 spiro atoms. The van der Waals surface area contributed by atoms with Gasteiger partial charge in [0.2, 0.25) is 5.91 Å². The first-order chi connectivity index (χ1) is 13.2. The molecule has 3 saturated heterocycles. The topological polar surface area (TPSA) is 45.3 Å². The standard InChI is InChI=1S/C20H28FN3O3/c21-17-3-1-2-4-18(17)23-9-11-24(12-10-23)19(25)15-22-7-5-16(6-8-22)20-26-13-14-27-20/h1-4,16,20H,5-15H2. The Balaban J connectivity index is 1.21. The summed E-state index contributed by atoms with van der Waals surface area (Å²) >= 11 is 0. The molecule has 0 radical (unpaired) electrons. The Morgan fingerprint density at radius 2 is 1.67 bits per heavy atom. The molecule has 0 N–H and O–H groups in total. The van der Waals surface area contributed by atoms with Crippen LogP contribution in [-0.2, 0) is 14.3 Å². The molecular weight excluding hydrogens is 349 g/mol. The summed E-state index contributed by atoms with van der Waals surface area (Å²) in [4.78, 5) is 18.8. The number of ether oxygens (including phenoxy) is 2. The fraction of sp³-hybridized carbons (Fsp3) is 0.650. The van der Waals surface area contributed by atoms with Crippen molar-refractivity contribution in [2.24, 2.45) is 5.92 Å². The Hall–Kier alpha value is -1.70. The van der Waals surface area contributed by atoms with Gasteiger partial charge in [-0.2, -0.15) is 0 Å². The van der Waals surface area contributed by atoms with Crippen LogP contribution in [0.15, 0.2) is 24.3 Å². The molecule has 6 nitrogen and oxygen atoms in total. The number of rotatable bonds is 4.